The molecule has 0 radical (unpaired) electrons. The van der Waals surface area contributed by atoms with E-state index in [9.17, 15) is 28.2 Å². The third-order valence-electron chi connectivity index (χ3n) is 2.96. The molecule has 126 valence electrons. The molecule has 0 unspecified atom stereocenters. The highest BCUT2D eigenvalue weighted by Crippen LogP contribution is 2.21. The largest absolute Gasteiger partial charge is 0.548 e. The summed E-state index contributed by atoms with van der Waals surface area (Å²) in [5.41, 5.74) is -0.0532. The summed E-state index contributed by atoms with van der Waals surface area (Å²) in [5, 5.41) is 21.7. The lowest BCUT2D eigenvalue weighted by Crippen LogP contribution is -2.38. The molecule has 0 aliphatic heterocycles. The van der Waals surface area contributed by atoms with Crippen LogP contribution in [0.1, 0.15) is 10.4 Å². The Kier molecular flexibility index (Phi) is 5.05. The first-order chi connectivity index (χ1) is 11.3. The molecular weight excluding hydrogens is 336 g/mol. The fourth-order valence-corrected chi connectivity index (χ4v) is 2.93. The molecule has 0 aromatic heterocycles. The first kappa shape index (κ1) is 17.3. The zero-order valence-electron chi connectivity index (χ0n) is 12.2. The van der Waals surface area contributed by atoms with Crippen LogP contribution in [0.2, 0.25) is 0 Å². The van der Waals surface area contributed by atoms with E-state index in [2.05, 4.69) is 10.0 Å². The quantitative estimate of drug-likeness (QED) is 0.653. The van der Waals surface area contributed by atoms with Crippen LogP contribution in [-0.4, -0.2) is 31.9 Å². The van der Waals surface area contributed by atoms with Crippen molar-refractivity contribution in [2.24, 2.45) is 0 Å². The molecular formula is C15H13N2O6S-. The Morgan fingerprint density at radius 2 is 1.67 bits per heavy atom. The number of carbonyl (C=O) groups is 2. The molecule has 8 nitrogen and oxygen atoms in total. The molecule has 2 aromatic rings. The SMILES string of the molecule is O=C([O-])CNC(=O)c1ccccc1NS(=O)(=O)c1ccc(O)cc1. The second-order valence-corrected chi connectivity index (χ2v) is 6.38. The van der Waals surface area contributed by atoms with Crippen molar-refractivity contribution >= 4 is 27.6 Å². The summed E-state index contributed by atoms with van der Waals surface area (Å²) in [6.45, 7) is -0.697. The van der Waals surface area contributed by atoms with Crippen molar-refractivity contribution in [3.8, 4) is 5.75 Å². The number of carboxylic acids is 1. The standard InChI is InChI=1S/C15H14N2O6S/c18-10-5-7-11(8-6-10)24(22,23)17-13-4-2-1-3-12(13)15(21)16-9-14(19)20/h1-8,17-18H,9H2,(H,16,21)(H,19,20)/p-1. The van der Waals surface area contributed by atoms with Gasteiger partial charge in [0, 0.05) is 0 Å². The molecule has 2 rings (SSSR count). The first-order valence-electron chi connectivity index (χ1n) is 6.68. The van der Waals surface area contributed by atoms with E-state index in [1.54, 1.807) is 0 Å². The number of nitrogens with one attached hydrogen (secondary N) is 2. The maximum absolute atomic E-state index is 12.3. The number of carbonyl (C=O) groups excluding carboxylic acids is 2. The minimum Gasteiger partial charge on any atom is -0.548 e. The minimum atomic E-state index is -3.99. The van der Waals surface area contributed by atoms with Crippen LogP contribution in [0, 0.1) is 0 Å². The van der Waals surface area contributed by atoms with Crippen LogP contribution in [-0.2, 0) is 14.8 Å². The van der Waals surface area contributed by atoms with Crippen molar-refractivity contribution in [2.75, 3.05) is 11.3 Å². The van der Waals surface area contributed by atoms with Gasteiger partial charge in [0.25, 0.3) is 15.9 Å². The third kappa shape index (κ3) is 4.23. The number of amides is 1. The molecule has 0 spiro atoms. The van der Waals surface area contributed by atoms with Gasteiger partial charge < -0.3 is 20.3 Å². The molecule has 0 aliphatic carbocycles. The maximum atomic E-state index is 12.3. The van der Waals surface area contributed by atoms with Crippen LogP contribution in [0.3, 0.4) is 0 Å². The van der Waals surface area contributed by atoms with Crippen molar-refractivity contribution in [2.45, 2.75) is 4.90 Å². The average molecular weight is 349 g/mol. The molecule has 0 atom stereocenters. The van der Waals surface area contributed by atoms with E-state index in [1.807, 2.05) is 0 Å². The molecule has 3 N–H and O–H groups in total. The van der Waals surface area contributed by atoms with Crippen LogP contribution >= 0.6 is 0 Å². The number of benzene rings is 2. The van der Waals surface area contributed by atoms with Crippen molar-refractivity contribution in [1.29, 1.82) is 0 Å². The highest BCUT2D eigenvalue weighted by molar-refractivity contribution is 7.92. The lowest BCUT2D eigenvalue weighted by molar-refractivity contribution is -0.303. The summed E-state index contributed by atoms with van der Waals surface area (Å²) in [5.74, 6) is -2.32. The summed E-state index contributed by atoms with van der Waals surface area (Å²) < 4.78 is 26.9. The van der Waals surface area contributed by atoms with Crippen LogP contribution in [0.15, 0.2) is 53.4 Å². The van der Waals surface area contributed by atoms with E-state index in [1.165, 1.54) is 48.5 Å². The maximum Gasteiger partial charge on any atom is 0.261 e. The van der Waals surface area contributed by atoms with Gasteiger partial charge in [-0.1, -0.05) is 12.1 Å². The Balaban J connectivity index is 2.28. The number of carboxylic acid groups (broad SMARTS) is 1. The average Bonchev–Trinajstić information content (AvgIpc) is 2.53. The smallest absolute Gasteiger partial charge is 0.261 e. The molecule has 0 saturated carbocycles. The van der Waals surface area contributed by atoms with E-state index in [4.69, 9.17) is 0 Å². The number of phenols is 1. The number of aromatic hydroxyl groups is 1. The van der Waals surface area contributed by atoms with Crippen LogP contribution < -0.4 is 15.1 Å². The molecule has 9 heteroatoms. The summed E-state index contributed by atoms with van der Waals surface area (Å²) in [6, 6.07) is 10.6. The van der Waals surface area contributed by atoms with E-state index in [0.717, 1.165) is 0 Å². The van der Waals surface area contributed by atoms with Gasteiger partial charge in [-0.3, -0.25) is 9.52 Å². The van der Waals surface area contributed by atoms with Gasteiger partial charge in [-0.25, -0.2) is 8.42 Å². The zero-order chi connectivity index (χ0) is 17.7. The molecule has 0 saturated heterocycles. The van der Waals surface area contributed by atoms with Crippen molar-refractivity contribution in [3.63, 3.8) is 0 Å². The Bertz CT molecular complexity index is 862. The van der Waals surface area contributed by atoms with Crippen molar-refractivity contribution in [1.82, 2.24) is 5.32 Å². The number of hydrogen-bond acceptors (Lipinski definition) is 6. The number of aliphatic carboxylic acids is 1. The van der Waals surface area contributed by atoms with Gasteiger partial charge in [-0.05, 0) is 36.4 Å². The predicted octanol–water partition coefficient (Wildman–Crippen LogP) is -0.327. The van der Waals surface area contributed by atoms with Crippen LogP contribution in [0.4, 0.5) is 5.69 Å². The van der Waals surface area contributed by atoms with Gasteiger partial charge in [0.2, 0.25) is 0 Å². The molecule has 0 bridgehead atoms. The normalized spacial score (nSPS) is 10.8. The van der Waals surface area contributed by atoms with Crippen molar-refractivity contribution < 1.29 is 28.2 Å². The lowest BCUT2D eigenvalue weighted by Gasteiger charge is -2.13. The summed E-state index contributed by atoms with van der Waals surface area (Å²) in [7, 11) is -3.99. The second-order valence-electron chi connectivity index (χ2n) is 4.70. The zero-order valence-corrected chi connectivity index (χ0v) is 13.0. The van der Waals surface area contributed by atoms with E-state index in [-0.39, 0.29) is 21.9 Å². The van der Waals surface area contributed by atoms with Gasteiger partial charge in [-0.2, -0.15) is 0 Å². The highest BCUT2D eigenvalue weighted by Gasteiger charge is 2.18. The highest BCUT2D eigenvalue weighted by atomic mass is 32.2. The van der Waals surface area contributed by atoms with E-state index >= 15 is 0 Å². The Morgan fingerprint density at radius 1 is 1.04 bits per heavy atom. The first-order valence-corrected chi connectivity index (χ1v) is 8.17. The topological polar surface area (TPSA) is 136 Å². The fourth-order valence-electron chi connectivity index (χ4n) is 1.85. The number of sulfonamides is 1. The fraction of sp³-hybridized carbons (Fsp3) is 0.0667. The van der Waals surface area contributed by atoms with Crippen LogP contribution in [0.5, 0.6) is 5.75 Å². The minimum absolute atomic E-state index is 0.0126. The van der Waals surface area contributed by atoms with Gasteiger partial charge in [0.1, 0.15) is 5.75 Å². The molecule has 24 heavy (non-hydrogen) atoms. The van der Waals surface area contributed by atoms with E-state index in [0.29, 0.717) is 0 Å². The number of hydrogen-bond donors (Lipinski definition) is 3. The molecule has 1 amide bonds. The predicted molar refractivity (Wildman–Crippen MR) is 82.7 cm³/mol. The lowest BCUT2D eigenvalue weighted by atomic mass is 10.1. The summed E-state index contributed by atoms with van der Waals surface area (Å²) in [6.07, 6.45) is 0. The third-order valence-corrected chi connectivity index (χ3v) is 4.34. The number of rotatable bonds is 6. The summed E-state index contributed by atoms with van der Waals surface area (Å²) >= 11 is 0. The number of para-hydroxylation sites is 1. The molecule has 2 aromatic carbocycles. The summed E-state index contributed by atoms with van der Waals surface area (Å²) in [4.78, 5) is 22.3. The van der Waals surface area contributed by atoms with E-state index < -0.39 is 28.4 Å². The van der Waals surface area contributed by atoms with Crippen LogP contribution in [0.25, 0.3) is 0 Å². The van der Waals surface area contributed by atoms with Gasteiger partial charge in [-0.15, -0.1) is 0 Å². The molecule has 0 aliphatic rings. The Morgan fingerprint density at radius 3 is 2.29 bits per heavy atom. The number of anilines is 1. The van der Waals surface area contributed by atoms with Gasteiger partial charge in [0.15, 0.2) is 0 Å². The Hall–Kier alpha value is -3.07. The Labute approximate surface area is 137 Å². The number of phenolic OH excluding ortho intramolecular Hbond substituents is 1. The second kappa shape index (κ2) is 7.01. The van der Waals surface area contributed by atoms with Gasteiger partial charge >= 0.3 is 0 Å². The monoisotopic (exact) mass is 349 g/mol. The molecule has 0 fully saturated rings. The van der Waals surface area contributed by atoms with Gasteiger partial charge in [0.05, 0.1) is 28.7 Å². The molecule has 0 heterocycles. The van der Waals surface area contributed by atoms with Crippen molar-refractivity contribution in [3.05, 3.63) is 54.1 Å².